The number of nitrogens with one attached hydrogen (secondary N) is 2. The van der Waals surface area contributed by atoms with Gasteiger partial charge >= 0.3 is 0 Å². The highest BCUT2D eigenvalue weighted by Gasteiger charge is 2.10. The number of halogens is 1. The van der Waals surface area contributed by atoms with E-state index in [0.29, 0.717) is 23.7 Å². The molecule has 1 aromatic heterocycles. The number of carbonyl (C=O) groups is 1. The van der Waals surface area contributed by atoms with Gasteiger partial charge in [-0.2, -0.15) is 0 Å². The first-order valence-corrected chi connectivity index (χ1v) is 9.18. The molecule has 0 bridgehead atoms. The first kappa shape index (κ1) is 19.3. The lowest BCUT2D eigenvalue weighted by molar-refractivity contribution is 0.0977. The molecule has 2 rings (SSSR count). The molecule has 0 aliphatic rings. The summed E-state index contributed by atoms with van der Waals surface area (Å²) in [6.07, 6.45) is 2.04. The van der Waals surface area contributed by atoms with Gasteiger partial charge in [-0.05, 0) is 71.8 Å². The van der Waals surface area contributed by atoms with Gasteiger partial charge in [-0.15, -0.1) is 0 Å². The fraction of sp³-hybridized carbons (Fsp3) is 0.278. The number of carbonyl (C=O) groups excluding carboxylic acids is 1. The Hall–Kier alpha value is -1.99. The molecule has 1 aromatic carbocycles. The van der Waals surface area contributed by atoms with Crippen molar-refractivity contribution in [3.63, 3.8) is 0 Å². The smallest absolute Gasteiger partial charge is 0.257 e. The maximum atomic E-state index is 12.3. The van der Waals surface area contributed by atoms with Crippen molar-refractivity contribution in [2.75, 3.05) is 11.9 Å². The average Bonchev–Trinajstić information content (AvgIpc) is 2.58. The van der Waals surface area contributed by atoms with Crippen LogP contribution in [0.2, 0.25) is 0 Å². The van der Waals surface area contributed by atoms with Crippen molar-refractivity contribution in [2.24, 2.45) is 0 Å². The molecule has 25 heavy (non-hydrogen) atoms. The standard InChI is InChI=1S/C18H20BrN3O2S/c1-3-4-10-24-14-7-5-6-13(11-14)17(23)22-18(25)21-16-9-8-15(19)12(2)20-16/h5-9,11H,3-4,10H2,1-2H3,(H2,20,21,22,23,25). The molecule has 0 saturated carbocycles. The van der Waals surface area contributed by atoms with E-state index in [0.717, 1.165) is 23.0 Å². The molecule has 0 radical (unpaired) electrons. The van der Waals surface area contributed by atoms with E-state index in [1.165, 1.54) is 0 Å². The first-order chi connectivity index (χ1) is 12.0. The number of thiocarbonyl (C=S) groups is 1. The average molecular weight is 422 g/mol. The number of unbranched alkanes of at least 4 members (excludes halogenated alkanes) is 1. The van der Waals surface area contributed by atoms with Gasteiger partial charge in [-0.25, -0.2) is 4.98 Å². The van der Waals surface area contributed by atoms with Crippen molar-refractivity contribution in [2.45, 2.75) is 26.7 Å². The van der Waals surface area contributed by atoms with E-state index in [-0.39, 0.29) is 11.0 Å². The minimum absolute atomic E-state index is 0.191. The molecule has 0 fully saturated rings. The van der Waals surface area contributed by atoms with E-state index < -0.39 is 0 Å². The molecule has 1 heterocycles. The van der Waals surface area contributed by atoms with Crippen LogP contribution in [0, 0.1) is 6.92 Å². The molecule has 5 nitrogen and oxygen atoms in total. The molecule has 132 valence electrons. The van der Waals surface area contributed by atoms with Crippen LogP contribution in [0.4, 0.5) is 5.82 Å². The van der Waals surface area contributed by atoms with Crippen molar-refractivity contribution >= 4 is 45.0 Å². The third-order valence-electron chi connectivity index (χ3n) is 3.35. The number of ether oxygens (including phenoxy) is 1. The highest BCUT2D eigenvalue weighted by molar-refractivity contribution is 9.10. The van der Waals surface area contributed by atoms with E-state index in [9.17, 15) is 4.79 Å². The number of nitrogens with zero attached hydrogens (tertiary/aromatic N) is 1. The minimum atomic E-state index is -0.299. The van der Waals surface area contributed by atoms with Crippen LogP contribution in [0.15, 0.2) is 40.9 Å². The summed E-state index contributed by atoms with van der Waals surface area (Å²) in [5, 5.41) is 5.74. The fourth-order valence-electron chi connectivity index (χ4n) is 2.00. The summed E-state index contributed by atoms with van der Waals surface area (Å²) in [6.45, 7) is 4.61. The predicted octanol–water partition coefficient (Wildman–Crippen LogP) is 4.46. The van der Waals surface area contributed by atoms with E-state index >= 15 is 0 Å². The van der Waals surface area contributed by atoms with Crippen LogP contribution < -0.4 is 15.4 Å². The summed E-state index contributed by atoms with van der Waals surface area (Å²) >= 11 is 8.57. The monoisotopic (exact) mass is 421 g/mol. The summed E-state index contributed by atoms with van der Waals surface area (Å²) in [5.41, 5.74) is 1.31. The number of amides is 1. The first-order valence-electron chi connectivity index (χ1n) is 7.98. The molecular weight excluding hydrogens is 402 g/mol. The minimum Gasteiger partial charge on any atom is -0.494 e. The number of hydrogen-bond donors (Lipinski definition) is 2. The van der Waals surface area contributed by atoms with Crippen molar-refractivity contribution in [3.8, 4) is 5.75 Å². The van der Waals surface area contributed by atoms with E-state index in [1.807, 2.05) is 19.1 Å². The van der Waals surface area contributed by atoms with Gasteiger partial charge in [0.05, 0.1) is 12.3 Å². The van der Waals surface area contributed by atoms with Crippen LogP contribution in [-0.4, -0.2) is 22.6 Å². The molecule has 0 saturated heterocycles. The zero-order valence-electron chi connectivity index (χ0n) is 14.1. The second-order valence-corrected chi connectivity index (χ2v) is 6.66. The summed E-state index contributed by atoms with van der Waals surface area (Å²) in [5.74, 6) is 0.945. The van der Waals surface area contributed by atoms with Crippen LogP contribution in [0.3, 0.4) is 0 Å². The van der Waals surface area contributed by atoms with E-state index in [4.69, 9.17) is 17.0 Å². The second kappa shape index (κ2) is 9.48. The zero-order chi connectivity index (χ0) is 18.2. The number of aromatic nitrogens is 1. The molecule has 0 spiro atoms. The van der Waals surface area contributed by atoms with Crippen LogP contribution in [0.5, 0.6) is 5.75 Å². The van der Waals surface area contributed by atoms with Crippen molar-refractivity contribution in [3.05, 3.63) is 52.1 Å². The number of benzene rings is 1. The number of aryl methyl sites for hydroxylation is 1. The maximum absolute atomic E-state index is 12.3. The maximum Gasteiger partial charge on any atom is 0.257 e. The van der Waals surface area contributed by atoms with E-state index in [2.05, 4.69) is 38.5 Å². The van der Waals surface area contributed by atoms with Crippen molar-refractivity contribution in [1.82, 2.24) is 10.3 Å². The predicted molar refractivity (Wildman–Crippen MR) is 107 cm³/mol. The Morgan fingerprint density at radius 1 is 1.32 bits per heavy atom. The van der Waals surface area contributed by atoms with Gasteiger partial charge in [-0.1, -0.05) is 19.4 Å². The number of hydrogen-bond acceptors (Lipinski definition) is 4. The molecule has 2 N–H and O–H groups in total. The lowest BCUT2D eigenvalue weighted by atomic mass is 10.2. The lowest BCUT2D eigenvalue weighted by Gasteiger charge is -2.11. The normalized spacial score (nSPS) is 10.2. The quantitative estimate of drug-likeness (QED) is 0.532. The Morgan fingerprint density at radius 3 is 2.84 bits per heavy atom. The Morgan fingerprint density at radius 2 is 2.12 bits per heavy atom. The van der Waals surface area contributed by atoms with Crippen LogP contribution in [-0.2, 0) is 0 Å². The zero-order valence-corrected chi connectivity index (χ0v) is 16.5. The fourth-order valence-corrected chi connectivity index (χ4v) is 2.42. The van der Waals surface area contributed by atoms with Gasteiger partial charge in [0, 0.05) is 10.0 Å². The molecule has 1 amide bonds. The van der Waals surface area contributed by atoms with Gasteiger partial charge < -0.3 is 10.1 Å². The molecular formula is C18H20BrN3O2S. The Labute approximate surface area is 161 Å². The summed E-state index contributed by atoms with van der Waals surface area (Å²) < 4.78 is 6.53. The Bertz CT molecular complexity index is 768. The third kappa shape index (κ3) is 6.10. The lowest BCUT2D eigenvalue weighted by Crippen LogP contribution is -2.34. The van der Waals surface area contributed by atoms with Crippen molar-refractivity contribution in [1.29, 1.82) is 0 Å². The van der Waals surface area contributed by atoms with Gasteiger partial charge in [0.2, 0.25) is 0 Å². The second-order valence-electron chi connectivity index (χ2n) is 5.40. The molecule has 0 unspecified atom stereocenters. The molecule has 0 aliphatic carbocycles. The number of rotatable bonds is 6. The summed E-state index contributed by atoms with van der Waals surface area (Å²) in [7, 11) is 0. The number of pyridine rings is 1. The van der Waals surface area contributed by atoms with Gasteiger partial charge in [0.25, 0.3) is 5.91 Å². The van der Waals surface area contributed by atoms with Crippen LogP contribution >= 0.6 is 28.1 Å². The van der Waals surface area contributed by atoms with Gasteiger partial charge in [0.1, 0.15) is 11.6 Å². The van der Waals surface area contributed by atoms with Gasteiger partial charge in [0.15, 0.2) is 5.11 Å². The summed E-state index contributed by atoms with van der Waals surface area (Å²) in [4.78, 5) is 16.7. The molecule has 7 heteroatoms. The highest BCUT2D eigenvalue weighted by atomic mass is 79.9. The van der Waals surface area contributed by atoms with E-state index in [1.54, 1.807) is 24.3 Å². The largest absolute Gasteiger partial charge is 0.494 e. The van der Waals surface area contributed by atoms with Crippen LogP contribution in [0.25, 0.3) is 0 Å². The van der Waals surface area contributed by atoms with Gasteiger partial charge in [-0.3, -0.25) is 10.1 Å². The topological polar surface area (TPSA) is 63.2 Å². The summed E-state index contributed by atoms with van der Waals surface area (Å²) in [6, 6.07) is 10.7. The highest BCUT2D eigenvalue weighted by Crippen LogP contribution is 2.16. The van der Waals surface area contributed by atoms with Crippen molar-refractivity contribution < 1.29 is 9.53 Å². The molecule has 0 aliphatic heterocycles. The Kier molecular flexibility index (Phi) is 7.33. The number of anilines is 1. The SMILES string of the molecule is CCCCOc1cccc(C(=O)NC(=S)Nc2ccc(Br)c(C)n2)c1. The molecule has 2 aromatic rings. The van der Waals surface area contributed by atoms with Crippen LogP contribution in [0.1, 0.15) is 35.8 Å². The third-order valence-corrected chi connectivity index (χ3v) is 4.40. The molecule has 0 atom stereocenters. The Balaban J connectivity index is 1.95.